The predicted molar refractivity (Wildman–Crippen MR) is 69.5 cm³/mol. The van der Waals surface area contributed by atoms with Gasteiger partial charge in [0.05, 0.1) is 0 Å². The van der Waals surface area contributed by atoms with Crippen molar-refractivity contribution in [3.63, 3.8) is 0 Å². The maximum Gasteiger partial charge on any atom is 0.408 e. The van der Waals surface area contributed by atoms with Crippen molar-refractivity contribution >= 4 is 12.1 Å². The van der Waals surface area contributed by atoms with Crippen molar-refractivity contribution in [1.29, 1.82) is 0 Å². The highest BCUT2D eigenvalue weighted by atomic mass is 16.6. The second-order valence-corrected chi connectivity index (χ2v) is 6.32. The maximum absolute atomic E-state index is 11.9. The molecule has 0 unspecified atom stereocenters. The molecule has 5 heteroatoms. The summed E-state index contributed by atoms with van der Waals surface area (Å²) in [5, 5.41) is 2.64. The van der Waals surface area contributed by atoms with Gasteiger partial charge in [0.2, 0.25) is 0 Å². The van der Waals surface area contributed by atoms with Crippen molar-refractivity contribution < 1.29 is 19.1 Å². The smallest absolute Gasteiger partial charge is 0.408 e. The van der Waals surface area contributed by atoms with E-state index in [0.717, 1.165) is 12.8 Å². The Morgan fingerprint density at radius 1 is 1.53 bits per heavy atom. The fourth-order valence-corrected chi connectivity index (χ4v) is 2.65. The minimum Gasteiger partial charge on any atom is -0.453 e. The summed E-state index contributed by atoms with van der Waals surface area (Å²) in [5.74, 6) is -0.414. The lowest BCUT2D eigenvalue weighted by atomic mass is 9.79. The molecule has 1 heterocycles. The number of carbonyl (C=O) groups excluding carboxylic acids is 2. The summed E-state index contributed by atoms with van der Waals surface area (Å²) in [6, 6.07) is -0.621. The number of carbonyl (C=O) groups is 2. The van der Waals surface area contributed by atoms with Gasteiger partial charge in [0, 0.05) is 5.92 Å². The minimum atomic E-state index is -0.621. The number of rotatable bonds is 1. The minimum absolute atomic E-state index is 0.0301. The molecule has 5 nitrogen and oxygen atoms in total. The quantitative estimate of drug-likeness (QED) is 0.584. The SMILES string of the molecule is CC(C)(C)OC(=O)N[C@H]1C(=O)O[C@@]2(C)C=CCC[C@@H]12. The lowest BCUT2D eigenvalue weighted by molar-refractivity contribution is -0.146. The Kier molecular flexibility index (Phi) is 3.32. The molecular formula is C14H21NO4. The van der Waals surface area contributed by atoms with Crippen LogP contribution in [0.25, 0.3) is 0 Å². The summed E-state index contributed by atoms with van der Waals surface area (Å²) in [4.78, 5) is 23.7. The Morgan fingerprint density at radius 3 is 2.84 bits per heavy atom. The number of nitrogens with one attached hydrogen (secondary N) is 1. The Morgan fingerprint density at radius 2 is 2.21 bits per heavy atom. The van der Waals surface area contributed by atoms with E-state index in [9.17, 15) is 9.59 Å². The molecule has 2 aliphatic rings. The van der Waals surface area contributed by atoms with E-state index in [0.29, 0.717) is 0 Å². The van der Waals surface area contributed by atoms with E-state index in [-0.39, 0.29) is 11.9 Å². The fraction of sp³-hybridized carbons (Fsp3) is 0.714. The number of alkyl carbamates (subject to hydrolysis) is 1. The molecule has 1 aliphatic heterocycles. The number of ether oxygens (including phenoxy) is 2. The zero-order chi connectivity index (χ0) is 14.3. The van der Waals surface area contributed by atoms with E-state index in [1.54, 1.807) is 20.8 Å². The maximum atomic E-state index is 11.9. The van der Waals surface area contributed by atoms with Crippen molar-refractivity contribution in [3.05, 3.63) is 12.2 Å². The Labute approximate surface area is 113 Å². The van der Waals surface area contributed by atoms with E-state index in [1.165, 1.54) is 0 Å². The summed E-state index contributed by atoms with van der Waals surface area (Å²) in [6.45, 7) is 7.23. The second kappa shape index (κ2) is 4.54. The molecule has 106 valence electrons. The van der Waals surface area contributed by atoms with E-state index in [1.807, 2.05) is 19.1 Å². The first-order chi connectivity index (χ1) is 8.71. The zero-order valence-electron chi connectivity index (χ0n) is 11.9. The molecule has 1 fully saturated rings. The first kappa shape index (κ1) is 13.9. The van der Waals surface area contributed by atoms with Crippen LogP contribution >= 0.6 is 0 Å². The summed E-state index contributed by atoms with van der Waals surface area (Å²) >= 11 is 0. The van der Waals surface area contributed by atoms with Crippen molar-refractivity contribution in [2.75, 3.05) is 0 Å². The van der Waals surface area contributed by atoms with Crippen molar-refractivity contribution in [2.45, 2.75) is 57.8 Å². The van der Waals surface area contributed by atoms with E-state index in [2.05, 4.69) is 5.32 Å². The van der Waals surface area contributed by atoms with Crippen LogP contribution in [0.15, 0.2) is 12.2 Å². The second-order valence-electron chi connectivity index (χ2n) is 6.32. The van der Waals surface area contributed by atoms with Crippen LogP contribution in [0.4, 0.5) is 4.79 Å². The molecule has 0 aromatic carbocycles. The highest BCUT2D eigenvalue weighted by Crippen LogP contribution is 2.40. The third kappa shape index (κ3) is 2.91. The van der Waals surface area contributed by atoms with Crippen LogP contribution in [0.3, 0.4) is 0 Å². The molecule has 2 rings (SSSR count). The molecule has 3 atom stereocenters. The van der Waals surface area contributed by atoms with Gasteiger partial charge >= 0.3 is 12.1 Å². The number of allylic oxidation sites excluding steroid dienone is 1. The average Bonchev–Trinajstić information content (AvgIpc) is 2.47. The van der Waals surface area contributed by atoms with Crippen molar-refractivity contribution in [1.82, 2.24) is 5.32 Å². The van der Waals surface area contributed by atoms with Crippen LogP contribution in [-0.2, 0) is 14.3 Å². The third-order valence-electron chi connectivity index (χ3n) is 3.48. The normalized spacial score (nSPS) is 33.6. The molecule has 0 radical (unpaired) electrons. The molecule has 19 heavy (non-hydrogen) atoms. The molecule has 1 N–H and O–H groups in total. The number of hydrogen-bond acceptors (Lipinski definition) is 4. The zero-order valence-corrected chi connectivity index (χ0v) is 11.9. The molecule has 1 amide bonds. The van der Waals surface area contributed by atoms with Crippen LogP contribution in [0.2, 0.25) is 0 Å². The van der Waals surface area contributed by atoms with Gasteiger partial charge in [-0.25, -0.2) is 9.59 Å². The lowest BCUT2D eigenvalue weighted by Crippen LogP contribution is -2.47. The van der Waals surface area contributed by atoms with Gasteiger partial charge in [0.1, 0.15) is 17.2 Å². The molecule has 0 saturated carbocycles. The number of fused-ring (bicyclic) bond motifs is 1. The Bertz CT molecular complexity index is 424. The van der Waals surface area contributed by atoms with Crippen molar-refractivity contribution in [3.8, 4) is 0 Å². The van der Waals surface area contributed by atoms with E-state index >= 15 is 0 Å². The van der Waals surface area contributed by atoms with Crippen LogP contribution in [0, 0.1) is 5.92 Å². The Balaban J connectivity index is 2.07. The van der Waals surface area contributed by atoms with E-state index < -0.39 is 23.3 Å². The summed E-state index contributed by atoms with van der Waals surface area (Å²) in [7, 11) is 0. The molecular weight excluding hydrogens is 246 g/mol. The first-order valence-electron chi connectivity index (χ1n) is 6.61. The largest absolute Gasteiger partial charge is 0.453 e. The standard InChI is InChI=1S/C14H21NO4/c1-13(2,3)19-12(17)15-10-9-7-5-6-8-14(9,4)18-11(10)16/h6,8-10H,5,7H2,1-4H3,(H,15,17)/t9-,10+,14-/m0/s1. The topological polar surface area (TPSA) is 64.6 Å². The van der Waals surface area contributed by atoms with Gasteiger partial charge in [-0.05, 0) is 46.6 Å². The van der Waals surface area contributed by atoms with Gasteiger partial charge in [-0.1, -0.05) is 6.08 Å². The highest BCUT2D eigenvalue weighted by molar-refractivity contribution is 5.84. The number of amides is 1. The van der Waals surface area contributed by atoms with Crippen LogP contribution in [0.5, 0.6) is 0 Å². The third-order valence-corrected chi connectivity index (χ3v) is 3.48. The number of hydrogen-bond donors (Lipinski definition) is 1. The van der Waals surface area contributed by atoms with E-state index in [4.69, 9.17) is 9.47 Å². The predicted octanol–water partition coefficient (Wildman–Crippen LogP) is 2.16. The Hall–Kier alpha value is -1.52. The van der Waals surface area contributed by atoms with Crippen LogP contribution in [0.1, 0.15) is 40.5 Å². The highest BCUT2D eigenvalue weighted by Gasteiger charge is 2.52. The van der Waals surface area contributed by atoms with Gasteiger partial charge < -0.3 is 14.8 Å². The van der Waals surface area contributed by atoms with Gasteiger partial charge in [-0.15, -0.1) is 0 Å². The van der Waals surface area contributed by atoms with Crippen LogP contribution in [-0.4, -0.2) is 29.3 Å². The first-order valence-corrected chi connectivity index (χ1v) is 6.61. The van der Waals surface area contributed by atoms with Gasteiger partial charge in [-0.2, -0.15) is 0 Å². The monoisotopic (exact) mass is 267 g/mol. The van der Waals surface area contributed by atoms with Gasteiger partial charge in [0.25, 0.3) is 0 Å². The molecule has 0 bridgehead atoms. The lowest BCUT2D eigenvalue weighted by Gasteiger charge is -2.31. The van der Waals surface area contributed by atoms with Crippen molar-refractivity contribution in [2.24, 2.45) is 5.92 Å². The van der Waals surface area contributed by atoms with Gasteiger partial charge in [0.15, 0.2) is 0 Å². The average molecular weight is 267 g/mol. The van der Waals surface area contributed by atoms with Gasteiger partial charge in [-0.3, -0.25) is 0 Å². The number of esters is 1. The fourth-order valence-electron chi connectivity index (χ4n) is 2.65. The summed E-state index contributed by atoms with van der Waals surface area (Å²) in [5.41, 5.74) is -1.18. The summed E-state index contributed by atoms with van der Waals surface area (Å²) in [6.07, 6.45) is 5.06. The summed E-state index contributed by atoms with van der Waals surface area (Å²) < 4.78 is 10.6. The molecule has 0 aromatic heterocycles. The van der Waals surface area contributed by atoms with Crippen LogP contribution < -0.4 is 5.32 Å². The molecule has 1 saturated heterocycles. The molecule has 1 aliphatic carbocycles. The molecule has 0 aromatic rings. The molecule has 0 spiro atoms.